The number of methoxy groups -OCH3 is 2. The number of benzene rings is 1. The molecule has 0 aliphatic heterocycles. The number of hydrogen-bond acceptors (Lipinski definition) is 2. The third-order valence-electron chi connectivity index (χ3n) is 3.81. The van der Waals surface area contributed by atoms with Crippen molar-refractivity contribution >= 4 is 0 Å². The maximum Gasteiger partial charge on any atom is 0.122 e. The van der Waals surface area contributed by atoms with Crippen LogP contribution in [0.4, 0.5) is 0 Å². The molecule has 0 spiro atoms. The van der Waals surface area contributed by atoms with Crippen LogP contribution in [0, 0.1) is 11.8 Å². The van der Waals surface area contributed by atoms with E-state index in [2.05, 4.69) is 13.8 Å². The lowest BCUT2D eigenvalue weighted by Gasteiger charge is -2.30. The van der Waals surface area contributed by atoms with E-state index >= 15 is 0 Å². The van der Waals surface area contributed by atoms with Gasteiger partial charge in [-0.15, -0.1) is 0 Å². The fourth-order valence-electron chi connectivity index (χ4n) is 2.53. The van der Waals surface area contributed by atoms with E-state index in [1.807, 2.05) is 12.1 Å². The molecule has 0 amide bonds. The molecule has 16 heavy (non-hydrogen) atoms. The Balaban J connectivity index is 2.50. The zero-order valence-corrected chi connectivity index (χ0v) is 10.5. The first-order chi connectivity index (χ1) is 7.67. The molecule has 0 N–H and O–H groups in total. The maximum absolute atomic E-state index is 5.44. The molecule has 88 valence electrons. The summed E-state index contributed by atoms with van der Waals surface area (Å²) in [4.78, 5) is 0. The first-order valence-corrected chi connectivity index (χ1v) is 5.90. The van der Waals surface area contributed by atoms with Crippen LogP contribution in [0.25, 0.3) is 0 Å². The molecule has 0 fully saturated rings. The minimum Gasteiger partial charge on any atom is -0.496 e. The number of fused-ring (bicyclic) bond motifs is 1. The average Bonchev–Trinajstić information content (AvgIpc) is 2.29. The zero-order valence-electron chi connectivity index (χ0n) is 10.5. The molecule has 2 heteroatoms. The Bertz CT molecular complexity index is 348. The van der Waals surface area contributed by atoms with Crippen LogP contribution >= 0.6 is 0 Å². The molecule has 0 saturated heterocycles. The Morgan fingerprint density at radius 1 is 0.875 bits per heavy atom. The standard InChI is InChI=1S/C14H20O2/c1-9-7-11-12(8-10(9)2)14(16-4)6-5-13(11)15-3/h5-6,9-10H,7-8H2,1-4H3. The molecular weight excluding hydrogens is 200 g/mol. The van der Waals surface area contributed by atoms with Gasteiger partial charge >= 0.3 is 0 Å². The predicted molar refractivity (Wildman–Crippen MR) is 65.3 cm³/mol. The molecule has 2 nitrogen and oxygen atoms in total. The monoisotopic (exact) mass is 220 g/mol. The highest BCUT2D eigenvalue weighted by Gasteiger charge is 2.26. The van der Waals surface area contributed by atoms with Crippen LogP contribution in [0.5, 0.6) is 11.5 Å². The van der Waals surface area contributed by atoms with Crippen LogP contribution in [-0.2, 0) is 12.8 Å². The third-order valence-corrected chi connectivity index (χ3v) is 3.81. The smallest absolute Gasteiger partial charge is 0.122 e. The lowest BCUT2D eigenvalue weighted by Crippen LogP contribution is -2.21. The summed E-state index contributed by atoms with van der Waals surface area (Å²) in [7, 11) is 3.48. The van der Waals surface area contributed by atoms with E-state index < -0.39 is 0 Å². The van der Waals surface area contributed by atoms with Gasteiger partial charge in [-0.2, -0.15) is 0 Å². The second kappa shape index (κ2) is 4.36. The number of ether oxygens (including phenoxy) is 2. The second-order valence-electron chi connectivity index (χ2n) is 4.79. The van der Waals surface area contributed by atoms with Crippen molar-refractivity contribution in [3.8, 4) is 11.5 Å². The summed E-state index contributed by atoms with van der Waals surface area (Å²) in [5, 5.41) is 0. The fourth-order valence-corrected chi connectivity index (χ4v) is 2.53. The normalized spacial score (nSPS) is 23.8. The van der Waals surface area contributed by atoms with Crippen molar-refractivity contribution in [2.24, 2.45) is 11.8 Å². The Hall–Kier alpha value is -1.18. The van der Waals surface area contributed by atoms with Gasteiger partial charge in [0.15, 0.2) is 0 Å². The van der Waals surface area contributed by atoms with Crippen LogP contribution in [0.1, 0.15) is 25.0 Å². The van der Waals surface area contributed by atoms with Gasteiger partial charge in [0.25, 0.3) is 0 Å². The van der Waals surface area contributed by atoms with Gasteiger partial charge in [-0.25, -0.2) is 0 Å². The minimum absolute atomic E-state index is 0.716. The van der Waals surface area contributed by atoms with Crippen molar-refractivity contribution in [1.82, 2.24) is 0 Å². The van der Waals surface area contributed by atoms with Crippen LogP contribution in [-0.4, -0.2) is 14.2 Å². The maximum atomic E-state index is 5.44. The van der Waals surface area contributed by atoms with Gasteiger partial charge in [-0.05, 0) is 36.8 Å². The van der Waals surface area contributed by atoms with Gasteiger partial charge < -0.3 is 9.47 Å². The van der Waals surface area contributed by atoms with Crippen molar-refractivity contribution in [2.75, 3.05) is 14.2 Å². The highest BCUT2D eigenvalue weighted by Crippen LogP contribution is 2.39. The number of hydrogen-bond donors (Lipinski definition) is 0. The molecule has 1 aromatic rings. The van der Waals surface area contributed by atoms with Crippen LogP contribution in [0.15, 0.2) is 12.1 Å². The van der Waals surface area contributed by atoms with Crippen LogP contribution in [0.2, 0.25) is 0 Å². The molecule has 0 aromatic heterocycles. The Morgan fingerprint density at radius 3 is 1.56 bits per heavy atom. The first kappa shape index (κ1) is 11.3. The fraction of sp³-hybridized carbons (Fsp3) is 0.571. The van der Waals surface area contributed by atoms with E-state index in [1.54, 1.807) is 14.2 Å². The summed E-state index contributed by atoms with van der Waals surface area (Å²) in [6, 6.07) is 4.03. The second-order valence-corrected chi connectivity index (χ2v) is 4.79. The SMILES string of the molecule is COc1ccc(OC)c2c1CC(C)C(C)C2. The first-order valence-electron chi connectivity index (χ1n) is 5.90. The van der Waals surface area contributed by atoms with Crippen LogP contribution < -0.4 is 9.47 Å². The van der Waals surface area contributed by atoms with E-state index in [0.717, 1.165) is 24.3 Å². The highest BCUT2D eigenvalue weighted by molar-refractivity contribution is 5.50. The van der Waals surface area contributed by atoms with Gasteiger partial charge in [0, 0.05) is 11.1 Å². The molecule has 0 heterocycles. The summed E-state index contributed by atoms with van der Waals surface area (Å²) >= 11 is 0. The van der Waals surface area contributed by atoms with E-state index in [9.17, 15) is 0 Å². The van der Waals surface area contributed by atoms with Crippen molar-refractivity contribution in [3.63, 3.8) is 0 Å². The van der Waals surface area contributed by atoms with Gasteiger partial charge in [-0.1, -0.05) is 13.8 Å². The minimum atomic E-state index is 0.716. The lowest BCUT2D eigenvalue weighted by atomic mass is 9.77. The predicted octanol–water partition coefficient (Wildman–Crippen LogP) is 3.07. The van der Waals surface area contributed by atoms with Crippen LogP contribution in [0.3, 0.4) is 0 Å². The summed E-state index contributed by atoms with van der Waals surface area (Å²) in [5.74, 6) is 3.45. The Kier molecular flexibility index (Phi) is 3.08. The summed E-state index contributed by atoms with van der Waals surface area (Å²) in [6.45, 7) is 4.62. The quantitative estimate of drug-likeness (QED) is 0.762. The van der Waals surface area contributed by atoms with Gasteiger partial charge in [-0.3, -0.25) is 0 Å². The molecule has 2 atom stereocenters. The third kappa shape index (κ3) is 1.77. The average molecular weight is 220 g/mol. The molecule has 0 radical (unpaired) electrons. The van der Waals surface area contributed by atoms with E-state index in [0.29, 0.717) is 11.8 Å². The van der Waals surface area contributed by atoms with Crippen molar-refractivity contribution < 1.29 is 9.47 Å². The Labute approximate surface area is 97.6 Å². The molecule has 2 rings (SSSR count). The van der Waals surface area contributed by atoms with Crippen molar-refractivity contribution in [1.29, 1.82) is 0 Å². The van der Waals surface area contributed by atoms with Gasteiger partial charge in [0.05, 0.1) is 14.2 Å². The van der Waals surface area contributed by atoms with E-state index in [4.69, 9.17) is 9.47 Å². The Morgan fingerprint density at radius 2 is 1.25 bits per heavy atom. The highest BCUT2D eigenvalue weighted by atomic mass is 16.5. The molecule has 0 saturated carbocycles. The van der Waals surface area contributed by atoms with Crippen molar-refractivity contribution in [2.45, 2.75) is 26.7 Å². The number of rotatable bonds is 2. The summed E-state index contributed by atoms with van der Waals surface area (Å²) in [6.07, 6.45) is 2.19. The van der Waals surface area contributed by atoms with E-state index in [1.165, 1.54) is 11.1 Å². The molecule has 1 aromatic carbocycles. The molecular formula is C14H20O2. The molecule has 1 aliphatic carbocycles. The van der Waals surface area contributed by atoms with Gasteiger partial charge in [0.2, 0.25) is 0 Å². The molecule has 0 bridgehead atoms. The summed E-state index contributed by atoms with van der Waals surface area (Å²) in [5.41, 5.74) is 2.68. The van der Waals surface area contributed by atoms with Crippen molar-refractivity contribution in [3.05, 3.63) is 23.3 Å². The molecule has 1 aliphatic rings. The van der Waals surface area contributed by atoms with E-state index in [-0.39, 0.29) is 0 Å². The topological polar surface area (TPSA) is 18.5 Å². The molecule has 2 unspecified atom stereocenters. The van der Waals surface area contributed by atoms with Gasteiger partial charge in [0.1, 0.15) is 11.5 Å². The zero-order chi connectivity index (χ0) is 11.7. The largest absolute Gasteiger partial charge is 0.496 e. The lowest BCUT2D eigenvalue weighted by molar-refractivity contribution is 0.331. The summed E-state index contributed by atoms with van der Waals surface area (Å²) < 4.78 is 10.9.